The minimum atomic E-state index is -0.545. The zero-order chi connectivity index (χ0) is 34.4. The lowest BCUT2D eigenvalue weighted by molar-refractivity contribution is -0.136. The summed E-state index contributed by atoms with van der Waals surface area (Å²) < 4.78 is 40.1. The summed E-state index contributed by atoms with van der Waals surface area (Å²) in [5.74, 6) is -3.16. The predicted octanol–water partition coefficient (Wildman–Crippen LogP) is 6.82. The summed E-state index contributed by atoms with van der Waals surface area (Å²) >= 11 is 10.7. The van der Waals surface area contributed by atoms with Gasteiger partial charge in [0.15, 0.2) is 0 Å². The second-order valence-electron chi connectivity index (χ2n) is 10.7. The lowest BCUT2D eigenvalue weighted by Gasteiger charge is -2.06. The number of halogens is 5. The average molecular weight is 692 g/mol. The highest BCUT2D eigenvalue weighted by Crippen LogP contribution is 2.40. The molecule has 0 saturated carbocycles. The lowest BCUT2D eigenvalue weighted by atomic mass is 9.95. The fraction of sp³-hybridized carbons (Fsp3) is 0.0588. The molecule has 242 valence electrons. The average Bonchev–Trinajstić information content (AvgIpc) is 3.88. The SMILES string of the molecule is CN1C(=O)C(Cl)=C(Cl)C1=O.CN1C(=O)C(c2c[nH]c3ccc(F)cc23)=C(c2c[nH]c3ccc(F)cc23)C1=O.Fc1ccc2[nH]ccc2c1. The van der Waals surface area contributed by atoms with Crippen molar-refractivity contribution in [2.75, 3.05) is 14.1 Å². The van der Waals surface area contributed by atoms with Crippen LogP contribution in [0.15, 0.2) is 89.3 Å². The summed E-state index contributed by atoms with van der Waals surface area (Å²) in [7, 11) is 2.71. The van der Waals surface area contributed by atoms with Crippen LogP contribution in [0.1, 0.15) is 11.1 Å². The van der Waals surface area contributed by atoms with E-state index in [0.29, 0.717) is 32.9 Å². The fourth-order valence-corrected chi connectivity index (χ4v) is 5.75. The topological polar surface area (TPSA) is 122 Å². The number of imide groups is 2. The molecule has 5 heterocycles. The monoisotopic (exact) mass is 691 g/mol. The highest BCUT2D eigenvalue weighted by atomic mass is 35.5. The first-order valence-electron chi connectivity index (χ1n) is 14.1. The number of nitrogens with zero attached hydrogens (tertiary/aromatic N) is 2. The number of fused-ring (bicyclic) bond motifs is 3. The standard InChI is InChI=1S/C21H13F2N3O2.C8H6FN.C5H3Cl2NO2/c1-26-20(27)18(14-8-24-16-4-2-10(22)6-12(14)16)19(21(26)28)15-9-25-17-5-3-11(23)7-13(15)17;9-7-1-2-8-6(5-7)3-4-10-8;1-8-4(9)2(6)3(7)5(8)10/h2-9,24-25H,1H3;1-5,10H;1H3. The van der Waals surface area contributed by atoms with E-state index in [2.05, 4.69) is 15.0 Å². The van der Waals surface area contributed by atoms with Gasteiger partial charge in [0.1, 0.15) is 27.5 Å². The molecule has 8 rings (SSSR count). The van der Waals surface area contributed by atoms with Gasteiger partial charge in [0.05, 0.1) is 11.1 Å². The normalized spacial score (nSPS) is 14.9. The highest BCUT2D eigenvalue weighted by molar-refractivity contribution is 6.58. The van der Waals surface area contributed by atoms with Gasteiger partial charge in [-0.1, -0.05) is 23.2 Å². The minimum absolute atomic E-state index is 0.162. The molecule has 2 aliphatic rings. The van der Waals surface area contributed by atoms with Crippen LogP contribution in [0.2, 0.25) is 0 Å². The first-order chi connectivity index (χ1) is 22.9. The molecule has 0 atom stereocenters. The number of benzene rings is 3. The Morgan fingerprint density at radius 3 is 1.40 bits per heavy atom. The predicted molar refractivity (Wildman–Crippen MR) is 176 cm³/mol. The molecule has 4 amide bonds. The number of H-pyrrole nitrogens is 3. The Kier molecular flexibility index (Phi) is 8.46. The van der Waals surface area contributed by atoms with Gasteiger partial charge in [0.2, 0.25) is 0 Å². The third-order valence-electron chi connectivity index (χ3n) is 7.81. The van der Waals surface area contributed by atoms with Crippen molar-refractivity contribution in [1.29, 1.82) is 0 Å². The molecule has 0 aliphatic carbocycles. The molecule has 6 aromatic rings. The van der Waals surface area contributed by atoms with Crippen molar-refractivity contribution in [2.24, 2.45) is 0 Å². The number of aromatic amines is 3. The van der Waals surface area contributed by atoms with E-state index >= 15 is 0 Å². The zero-order valence-corrected chi connectivity index (χ0v) is 26.4. The van der Waals surface area contributed by atoms with Gasteiger partial charge in [-0.05, 0) is 60.7 Å². The van der Waals surface area contributed by atoms with E-state index in [1.807, 2.05) is 6.07 Å². The van der Waals surface area contributed by atoms with E-state index in [0.717, 1.165) is 20.7 Å². The number of amides is 4. The van der Waals surface area contributed by atoms with E-state index in [4.69, 9.17) is 23.2 Å². The van der Waals surface area contributed by atoms with Crippen LogP contribution in [0.3, 0.4) is 0 Å². The molecule has 0 fully saturated rings. The van der Waals surface area contributed by atoms with E-state index in [-0.39, 0.29) is 27.0 Å². The summed E-state index contributed by atoms with van der Waals surface area (Å²) in [5.41, 5.74) is 3.44. The number of hydrogen-bond acceptors (Lipinski definition) is 4. The Balaban J connectivity index is 0.000000163. The third kappa shape index (κ3) is 5.65. The van der Waals surface area contributed by atoms with E-state index in [1.54, 1.807) is 36.8 Å². The Morgan fingerprint density at radius 1 is 0.542 bits per heavy atom. The molecule has 0 saturated heterocycles. The summed E-state index contributed by atoms with van der Waals surface area (Å²) in [5, 5.41) is 1.51. The molecular weight excluding hydrogens is 670 g/mol. The van der Waals surface area contributed by atoms with Crippen LogP contribution in [0.5, 0.6) is 0 Å². The van der Waals surface area contributed by atoms with Gasteiger partial charge in [-0.2, -0.15) is 0 Å². The minimum Gasteiger partial charge on any atom is -0.361 e. The Bertz CT molecular complexity index is 2260. The maximum absolute atomic E-state index is 13.8. The van der Waals surface area contributed by atoms with Gasteiger partial charge in [0.25, 0.3) is 23.6 Å². The molecule has 3 aromatic carbocycles. The molecule has 3 N–H and O–H groups in total. The number of aromatic nitrogens is 3. The number of nitrogens with one attached hydrogen (secondary N) is 3. The number of rotatable bonds is 2. The van der Waals surface area contributed by atoms with Crippen molar-refractivity contribution in [1.82, 2.24) is 24.8 Å². The van der Waals surface area contributed by atoms with Gasteiger partial charge in [-0.25, -0.2) is 13.2 Å². The maximum atomic E-state index is 13.8. The summed E-state index contributed by atoms with van der Waals surface area (Å²) in [6.07, 6.45) is 4.96. The van der Waals surface area contributed by atoms with Crippen LogP contribution < -0.4 is 0 Å². The second-order valence-corrected chi connectivity index (χ2v) is 11.5. The third-order valence-corrected chi connectivity index (χ3v) is 8.60. The molecule has 48 heavy (non-hydrogen) atoms. The van der Waals surface area contributed by atoms with Gasteiger partial charge >= 0.3 is 0 Å². The lowest BCUT2D eigenvalue weighted by Crippen LogP contribution is -2.26. The Hall–Kier alpha value is -5.59. The van der Waals surface area contributed by atoms with Crippen molar-refractivity contribution in [3.05, 3.63) is 118 Å². The Morgan fingerprint density at radius 2 is 0.958 bits per heavy atom. The molecular formula is C34H22Cl2F3N5O4. The summed E-state index contributed by atoms with van der Waals surface area (Å²) in [4.78, 5) is 58.2. The number of carbonyl (C=O) groups excluding carboxylic acids is 4. The van der Waals surface area contributed by atoms with E-state index < -0.39 is 35.3 Å². The second kappa shape index (κ2) is 12.5. The maximum Gasteiger partial charge on any atom is 0.273 e. The summed E-state index contributed by atoms with van der Waals surface area (Å²) in [6.45, 7) is 0. The number of carbonyl (C=O) groups is 4. The van der Waals surface area contributed by atoms with E-state index in [9.17, 15) is 32.3 Å². The number of likely N-dealkylation sites (N-methyl/N-ethyl adjacent to an activating group) is 2. The Labute approximate surface area is 279 Å². The largest absolute Gasteiger partial charge is 0.361 e. The van der Waals surface area contributed by atoms with Gasteiger partial charge in [-0.3, -0.25) is 29.0 Å². The highest BCUT2D eigenvalue weighted by Gasteiger charge is 2.39. The first kappa shape index (κ1) is 32.4. The molecule has 2 aliphatic heterocycles. The molecule has 0 unspecified atom stereocenters. The van der Waals surface area contributed by atoms with Crippen LogP contribution in [0, 0.1) is 17.5 Å². The van der Waals surface area contributed by atoms with Gasteiger partial charge in [0, 0.05) is 76.5 Å². The van der Waals surface area contributed by atoms with Gasteiger partial charge in [-0.15, -0.1) is 0 Å². The van der Waals surface area contributed by atoms with Crippen molar-refractivity contribution < 1.29 is 32.3 Å². The van der Waals surface area contributed by atoms with Crippen LogP contribution in [0.4, 0.5) is 13.2 Å². The van der Waals surface area contributed by atoms with E-state index in [1.165, 1.54) is 50.5 Å². The van der Waals surface area contributed by atoms with Crippen molar-refractivity contribution >= 4 is 90.7 Å². The molecule has 14 heteroatoms. The van der Waals surface area contributed by atoms with Gasteiger partial charge < -0.3 is 15.0 Å². The van der Waals surface area contributed by atoms with Crippen LogP contribution in [-0.4, -0.2) is 62.5 Å². The molecule has 3 aromatic heterocycles. The van der Waals surface area contributed by atoms with Crippen LogP contribution in [0.25, 0.3) is 43.9 Å². The fourth-order valence-electron chi connectivity index (χ4n) is 5.34. The quantitative estimate of drug-likeness (QED) is 0.173. The smallest absolute Gasteiger partial charge is 0.273 e. The molecule has 0 spiro atoms. The number of hydrogen-bond donors (Lipinski definition) is 3. The molecule has 0 bridgehead atoms. The summed E-state index contributed by atoms with van der Waals surface area (Å²) in [6, 6.07) is 14.9. The van der Waals surface area contributed by atoms with Crippen LogP contribution >= 0.6 is 23.2 Å². The van der Waals surface area contributed by atoms with Crippen LogP contribution in [-0.2, 0) is 19.2 Å². The molecule has 0 radical (unpaired) electrons. The van der Waals surface area contributed by atoms with Crippen molar-refractivity contribution in [3.8, 4) is 0 Å². The van der Waals surface area contributed by atoms with Crippen molar-refractivity contribution in [2.45, 2.75) is 0 Å². The zero-order valence-electron chi connectivity index (χ0n) is 24.9. The molecule has 9 nitrogen and oxygen atoms in total. The van der Waals surface area contributed by atoms with Crippen molar-refractivity contribution in [3.63, 3.8) is 0 Å². The first-order valence-corrected chi connectivity index (χ1v) is 14.8.